The average molecular weight is 457 g/mol. The van der Waals surface area contributed by atoms with Gasteiger partial charge in [0.1, 0.15) is 25.6 Å². The summed E-state index contributed by atoms with van der Waals surface area (Å²) in [7, 11) is 0. The summed E-state index contributed by atoms with van der Waals surface area (Å²) in [4.78, 5) is 30.2. The van der Waals surface area contributed by atoms with E-state index in [1.807, 2.05) is 54.0 Å². The third-order valence-corrected chi connectivity index (χ3v) is 5.55. The second-order valence-corrected chi connectivity index (χ2v) is 8.06. The van der Waals surface area contributed by atoms with E-state index in [4.69, 9.17) is 9.47 Å². The van der Waals surface area contributed by atoms with Crippen LogP contribution in [0.25, 0.3) is 11.0 Å². The van der Waals surface area contributed by atoms with Gasteiger partial charge in [-0.25, -0.2) is 4.98 Å². The zero-order valence-corrected chi connectivity index (χ0v) is 18.7. The number of aromatic nitrogens is 2. The predicted molar refractivity (Wildman–Crippen MR) is 128 cm³/mol. The van der Waals surface area contributed by atoms with Gasteiger partial charge in [-0.05, 0) is 43.3 Å². The summed E-state index contributed by atoms with van der Waals surface area (Å²) in [6.45, 7) is 3.17. The summed E-state index contributed by atoms with van der Waals surface area (Å²) in [6, 6.07) is 20.3. The lowest BCUT2D eigenvalue weighted by molar-refractivity contribution is -0.116. The van der Waals surface area contributed by atoms with E-state index in [1.165, 1.54) is 0 Å². The first kappa shape index (κ1) is 21.5. The lowest BCUT2D eigenvalue weighted by Gasteiger charge is -2.19. The molecule has 34 heavy (non-hydrogen) atoms. The van der Waals surface area contributed by atoms with Gasteiger partial charge in [0.15, 0.2) is 11.5 Å². The molecule has 172 valence electrons. The molecule has 1 aliphatic rings. The Bertz CT molecular complexity index is 1380. The maximum atomic E-state index is 12.9. The third-order valence-electron chi connectivity index (χ3n) is 5.55. The number of carbonyl (C=O) groups excluding carboxylic acids is 2. The summed E-state index contributed by atoms with van der Waals surface area (Å²) in [5.74, 6) is 1.46. The van der Waals surface area contributed by atoms with Gasteiger partial charge in [0.2, 0.25) is 5.91 Å². The van der Waals surface area contributed by atoms with E-state index in [0.717, 1.165) is 16.6 Å². The smallest absolute Gasteiger partial charge is 0.251 e. The van der Waals surface area contributed by atoms with Gasteiger partial charge in [0, 0.05) is 17.3 Å². The number of rotatable bonds is 6. The molecule has 0 atom stereocenters. The lowest BCUT2D eigenvalue weighted by atomic mass is 10.1. The lowest BCUT2D eigenvalue weighted by Crippen LogP contribution is -2.26. The van der Waals surface area contributed by atoms with Gasteiger partial charge < -0.3 is 24.7 Å². The van der Waals surface area contributed by atoms with Crippen molar-refractivity contribution in [3.05, 3.63) is 83.7 Å². The molecule has 0 bridgehead atoms. The molecule has 1 aliphatic heterocycles. The molecule has 2 heterocycles. The van der Waals surface area contributed by atoms with Gasteiger partial charge in [-0.1, -0.05) is 29.8 Å². The van der Waals surface area contributed by atoms with E-state index in [-0.39, 0.29) is 24.9 Å². The van der Waals surface area contributed by atoms with Crippen LogP contribution >= 0.6 is 0 Å². The van der Waals surface area contributed by atoms with E-state index < -0.39 is 0 Å². The van der Waals surface area contributed by atoms with Crippen LogP contribution in [0.15, 0.2) is 66.7 Å². The van der Waals surface area contributed by atoms with Crippen molar-refractivity contribution in [2.45, 2.75) is 20.0 Å². The number of imidazole rings is 1. The summed E-state index contributed by atoms with van der Waals surface area (Å²) >= 11 is 0. The first-order valence-electron chi connectivity index (χ1n) is 11.1. The minimum Gasteiger partial charge on any atom is -0.486 e. The van der Waals surface area contributed by atoms with Gasteiger partial charge in [-0.2, -0.15) is 0 Å². The number of hydrogen-bond donors (Lipinski definition) is 2. The van der Waals surface area contributed by atoms with Gasteiger partial charge in [0.25, 0.3) is 5.91 Å². The predicted octanol–water partition coefficient (Wildman–Crippen LogP) is 3.68. The highest BCUT2D eigenvalue weighted by Gasteiger charge is 2.17. The number of nitrogens with one attached hydrogen (secondary N) is 2. The van der Waals surface area contributed by atoms with Gasteiger partial charge in [-0.3, -0.25) is 9.59 Å². The maximum absolute atomic E-state index is 12.9. The number of aryl methyl sites for hydroxylation is 1. The summed E-state index contributed by atoms with van der Waals surface area (Å²) in [5, 5.41) is 5.83. The molecule has 5 rings (SSSR count). The SMILES string of the molecule is Cc1cccc(C(=O)NCc2nc3ccccc3n2CC(=O)Nc2ccc3c(c2)OCCO3)c1. The first-order chi connectivity index (χ1) is 16.6. The Morgan fingerprint density at radius 3 is 2.65 bits per heavy atom. The quantitative estimate of drug-likeness (QED) is 0.462. The van der Waals surface area contributed by atoms with Crippen molar-refractivity contribution in [1.29, 1.82) is 0 Å². The van der Waals surface area contributed by atoms with Crippen LogP contribution in [0.2, 0.25) is 0 Å². The van der Waals surface area contributed by atoms with Crippen molar-refractivity contribution in [2.24, 2.45) is 0 Å². The van der Waals surface area contributed by atoms with Crippen LogP contribution in [0.5, 0.6) is 11.5 Å². The van der Waals surface area contributed by atoms with E-state index >= 15 is 0 Å². The highest BCUT2D eigenvalue weighted by Crippen LogP contribution is 2.32. The van der Waals surface area contributed by atoms with Gasteiger partial charge in [-0.15, -0.1) is 0 Å². The van der Waals surface area contributed by atoms with E-state index in [9.17, 15) is 9.59 Å². The number of anilines is 1. The fraction of sp³-hybridized carbons (Fsp3) is 0.192. The number of fused-ring (bicyclic) bond motifs is 2. The molecule has 1 aromatic heterocycles. The third kappa shape index (κ3) is 4.56. The molecule has 0 unspecified atom stereocenters. The monoisotopic (exact) mass is 456 g/mol. The molecule has 8 nitrogen and oxygen atoms in total. The summed E-state index contributed by atoms with van der Waals surface area (Å²) in [6.07, 6.45) is 0. The first-order valence-corrected chi connectivity index (χ1v) is 11.1. The molecule has 3 aromatic carbocycles. The van der Waals surface area contributed by atoms with Crippen LogP contribution in [0, 0.1) is 6.92 Å². The van der Waals surface area contributed by atoms with Crippen molar-refractivity contribution in [3.8, 4) is 11.5 Å². The Kier molecular flexibility index (Phi) is 5.86. The van der Waals surface area contributed by atoms with Crippen molar-refractivity contribution in [2.75, 3.05) is 18.5 Å². The minimum absolute atomic E-state index is 0.0462. The van der Waals surface area contributed by atoms with E-state index in [2.05, 4.69) is 15.6 Å². The van der Waals surface area contributed by atoms with Crippen molar-refractivity contribution >= 4 is 28.5 Å². The van der Waals surface area contributed by atoms with Crippen LogP contribution in [-0.4, -0.2) is 34.6 Å². The standard InChI is InChI=1S/C26H24N4O4/c1-17-5-4-6-18(13-17)26(32)27-15-24-29-20-7-2-3-8-21(20)30(24)16-25(31)28-19-9-10-22-23(14-19)34-12-11-33-22/h2-10,13-14H,11-12,15-16H2,1H3,(H,27,32)(H,28,31). The topological polar surface area (TPSA) is 94.5 Å². The molecule has 0 aliphatic carbocycles. The minimum atomic E-state index is -0.217. The van der Waals surface area contributed by atoms with Gasteiger partial charge in [0.05, 0.1) is 17.6 Å². The number of para-hydroxylation sites is 2. The number of ether oxygens (including phenoxy) is 2. The number of nitrogens with zero attached hydrogens (tertiary/aromatic N) is 2. The zero-order valence-electron chi connectivity index (χ0n) is 18.7. The Morgan fingerprint density at radius 2 is 1.79 bits per heavy atom. The molecule has 0 saturated heterocycles. The molecule has 0 saturated carbocycles. The molecule has 0 spiro atoms. The van der Waals surface area contributed by atoms with Crippen LogP contribution in [-0.2, 0) is 17.9 Å². The number of hydrogen-bond acceptors (Lipinski definition) is 5. The zero-order chi connectivity index (χ0) is 23.5. The van der Waals surface area contributed by atoms with Crippen LogP contribution in [0.1, 0.15) is 21.7 Å². The van der Waals surface area contributed by atoms with Crippen LogP contribution < -0.4 is 20.1 Å². The number of benzene rings is 3. The molecular weight excluding hydrogens is 432 g/mol. The highest BCUT2D eigenvalue weighted by atomic mass is 16.6. The second-order valence-electron chi connectivity index (χ2n) is 8.06. The molecule has 8 heteroatoms. The van der Waals surface area contributed by atoms with Crippen molar-refractivity contribution in [1.82, 2.24) is 14.9 Å². The fourth-order valence-electron chi connectivity index (χ4n) is 3.95. The normalized spacial score (nSPS) is 12.4. The van der Waals surface area contributed by atoms with Crippen LogP contribution in [0.3, 0.4) is 0 Å². The Morgan fingerprint density at radius 1 is 0.971 bits per heavy atom. The number of amides is 2. The van der Waals surface area contributed by atoms with Crippen molar-refractivity contribution < 1.29 is 19.1 Å². The molecule has 2 amide bonds. The van der Waals surface area contributed by atoms with E-state index in [0.29, 0.717) is 41.8 Å². The average Bonchev–Trinajstić information content (AvgIpc) is 3.19. The highest BCUT2D eigenvalue weighted by molar-refractivity contribution is 5.94. The Labute approximate surface area is 196 Å². The van der Waals surface area contributed by atoms with E-state index in [1.54, 1.807) is 24.3 Å². The Hall–Kier alpha value is -4.33. The van der Waals surface area contributed by atoms with Crippen molar-refractivity contribution in [3.63, 3.8) is 0 Å². The molecule has 2 N–H and O–H groups in total. The molecule has 0 fully saturated rings. The maximum Gasteiger partial charge on any atom is 0.251 e. The molecular formula is C26H24N4O4. The summed E-state index contributed by atoms with van der Waals surface area (Å²) < 4.78 is 12.9. The number of carbonyl (C=O) groups is 2. The Balaban J connectivity index is 1.33. The molecule has 4 aromatic rings. The fourth-order valence-corrected chi connectivity index (χ4v) is 3.95. The molecule has 0 radical (unpaired) electrons. The second kappa shape index (κ2) is 9.27. The summed E-state index contributed by atoms with van der Waals surface area (Å²) in [5.41, 5.74) is 3.79. The largest absolute Gasteiger partial charge is 0.486 e. The van der Waals surface area contributed by atoms with Gasteiger partial charge >= 0.3 is 0 Å². The van der Waals surface area contributed by atoms with Crippen LogP contribution in [0.4, 0.5) is 5.69 Å².